The molecule has 0 saturated carbocycles. The van der Waals surface area contributed by atoms with E-state index >= 15 is 4.39 Å². The van der Waals surface area contributed by atoms with E-state index in [0.29, 0.717) is 64.4 Å². The first-order chi connectivity index (χ1) is 24.9. The minimum absolute atomic E-state index is 0.0133. The second-order valence-electron chi connectivity index (χ2n) is 14.6. The number of carbonyl (C=O) groups is 1. The van der Waals surface area contributed by atoms with Crippen LogP contribution in [0.25, 0.3) is 32.9 Å². The van der Waals surface area contributed by atoms with Crippen LogP contribution >= 0.6 is 0 Å². The van der Waals surface area contributed by atoms with Crippen molar-refractivity contribution in [2.75, 3.05) is 45.3 Å². The van der Waals surface area contributed by atoms with E-state index in [4.69, 9.17) is 15.9 Å². The van der Waals surface area contributed by atoms with Crippen molar-refractivity contribution in [1.29, 1.82) is 0 Å². The van der Waals surface area contributed by atoms with Crippen molar-refractivity contribution in [3.8, 4) is 35.4 Å². The summed E-state index contributed by atoms with van der Waals surface area (Å²) < 4.78 is 58.8. The van der Waals surface area contributed by atoms with Gasteiger partial charge in [0.1, 0.15) is 40.4 Å². The van der Waals surface area contributed by atoms with Crippen molar-refractivity contribution >= 4 is 34.0 Å². The maximum absolute atomic E-state index is 16.3. The van der Waals surface area contributed by atoms with Gasteiger partial charge in [0.05, 0.1) is 25.2 Å². The van der Waals surface area contributed by atoms with Crippen molar-refractivity contribution < 1.29 is 32.2 Å². The third-order valence-electron chi connectivity index (χ3n) is 9.88. The number of methoxy groups -OCH3 is 2. The first kappa shape index (κ1) is 37.1. The highest BCUT2D eigenvalue weighted by molar-refractivity contribution is 6.03. The maximum atomic E-state index is 16.3. The van der Waals surface area contributed by atoms with E-state index in [2.05, 4.69) is 40.7 Å². The Balaban J connectivity index is 0.000000238. The molecule has 0 radical (unpaired) electrons. The number of hydrogen-bond acceptors (Lipinski definition) is 10. The minimum atomic E-state index is -0.672. The number of halogens is 3. The number of anilines is 1. The van der Waals surface area contributed by atoms with Gasteiger partial charge in [0.25, 0.3) is 6.47 Å². The van der Waals surface area contributed by atoms with Crippen LogP contribution < -0.4 is 19.7 Å². The lowest BCUT2D eigenvalue weighted by Crippen LogP contribution is -2.51. The van der Waals surface area contributed by atoms with Crippen molar-refractivity contribution in [3.63, 3.8) is 0 Å². The van der Waals surface area contributed by atoms with Gasteiger partial charge >= 0.3 is 6.01 Å². The van der Waals surface area contributed by atoms with Crippen molar-refractivity contribution in [1.82, 2.24) is 25.2 Å². The van der Waals surface area contributed by atoms with Gasteiger partial charge in [-0.15, -0.1) is 6.42 Å². The molecule has 1 N–H and O–H groups in total. The first-order valence-electron chi connectivity index (χ1n) is 17.6. The van der Waals surface area contributed by atoms with E-state index in [1.807, 2.05) is 20.8 Å². The number of aromatic nitrogens is 3. The molecular weight excluding hydrogens is 673 g/mol. The number of hydrogen-bond donors (Lipinski definition) is 1. The van der Waals surface area contributed by atoms with E-state index < -0.39 is 17.8 Å². The number of alkyl halides is 1. The largest absolute Gasteiger partial charge is 0.497 e. The summed E-state index contributed by atoms with van der Waals surface area (Å²) in [5.41, 5.74) is 0.0871. The second-order valence-corrected chi connectivity index (χ2v) is 14.6. The maximum Gasteiger partial charge on any atom is 0.318 e. The molecule has 2 aromatic heterocycles. The summed E-state index contributed by atoms with van der Waals surface area (Å²) in [5.74, 6) is 2.20. The van der Waals surface area contributed by atoms with E-state index in [0.717, 1.165) is 38.9 Å². The fourth-order valence-corrected chi connectivity index (χ4v) is 7.54. The molecule has 4 saturated heterocycles. The molecule has 0 amide bonds. The number of rotatable bonds is 5. The van der Waals surface area contributed by atoms with E-state index in [9.17, 15) is 13.6 Å². The average molecular weight is 719 g/mol. The predicted octanol–water partition coefficient (Wildman–Crippen LogP) is 6.21. The summed E-state index contributed by atoms with van der Waals surface area (Å²) >= 11 is 0. The van der Waals surface area contributed by atoms with Gasteiger partial charge in [-0.1, -0.05) is 12.0 Å². The summed E-state index contributed by atoms with van der Waals surface area (Å²) in [5, 5.41) is 5.05. The average Bonchev–Trinajstić information content (AvgIpc) is 3.81. The molecule has 0 spiro atoms. The van der Waals surface area contributed by atoms with E-state index in [1.165, 1.54) is 33.1 Å². The van der Waals surface area contributed by atoms with Gasteiger partial charge in [0, 0.05) is 54.9 Å². The van der Waals surface area contributed by atoms with Crippen molar-refractivity contribution in [3.05, 3.63) is 47.7 Å². The number of nitrogens with one attached hydrogen (secondary N) is 1. The predicted molar refractivity (Wildman–Crippen MR) is 194 cm³/mol. The normalized spacial score (nSPS) is 22.2. The number of benzene rings is 2. The number of pyridine rings is 1. The molecular formula is C39H45F3N6O4. The topological polar surface area (TPSA) is 102 Å². The van der Waals surface area contributed by atoms with Crippen LogP contribution in [0.2, 0.25) is 0 Å². The number of nitrogens with zero attached hydrogens (tertiary/aromatic N) is 5. The zero-order valence-electron chi connectivity index (χ0n) is 30.2. The number of fused-ring (bicyclic) bond motifs is 5. The van der Waals surface area contributed by atoms with Crippen LogP contribution in [-0.2, 0) is 9.53 Å². The molecule has 4 atom stereocenters. The van der Waals surface area contributed by atoms with Gasteiger partial charge in [-0.2, -0.15) is 9.97 Å². The smallest absolute Gasteiger partial charge is 0.318 e. The molecule has 2 aromatic carbocycles. The Bertz CT molecular complexity index is 1960. The van der Waals surface area contributed by atoms with E-state index in [-0.39, 0.29) is 28.4 Å². The highest BCUT2D eigenvalue weighted by Gasteiger charge is 2.35. The quantitative estimate of drug-likeness (QED) is 0.189. The van der Waals surface area contributed by atoms with E-state index in [1.54, 1.807) is 24.4 Å². The Kier molecular flexibility index (Phi) is 11.1. The number of ether oxygens (including phenoxy) is 3. The van der Waals surface area contributed by atoms with Crippen LogP contribution in [0.5, 0.6) is 11.8 Å². The minimum Gasteiger partial charge on any atom is -0.497 e. The molecule has 4 aliphatic rings. The fraction of sp³-hybridized carbons (Fsp3) is 0.487. The van der Waals surface area contributed by atoms with Gasteiger partial charge in [0.2, 0.25) is 0 Å². The highest BCUT2D eigenvalue weighted by Crippen LogP contribution is 2.39. The van der Waals surface area contributed by atoms with Crippen LogP contribution in [0.4, 0.5) is 19.0 Å². The lowest BCUT2D eigenvalue weighted by molar-refractivity contribution is -0.138. The molecule has 52 heavy (non-hydrogen) atoms. The zero-order valence-corrected chi connectivity index (χ0v) is 30.2. The Morgan fingerprint density at radius 3 is 2.40 bits per heavy atom. The molecule has 0 aliphatic carbocycles. The lowest BCUT2D eigenvalue weighted by Gasteiger charge is -2.34. The third kappa shape index (κ3) is 7.88. The van der Waals surface area contributed by atoms with Crippen LogP contribution in [0.1, 0.15) is 58.4 Å². The first-order valence-corrected chi connectivity index (χ1v) is 17.6. The number of piperazine rings is 1. The molecule has 4 aliphatic heterocycles. The molecule has 8 rings (SSSR count). The van der Waals surface area contributed by atoms with Crippen LogP contribution in [0.3, 0.4) is 0 Å². The summed E-state index contributed by atoms with van der Waals surface area (Å²) in [6.07, 6.45) is 12.2. The van der Waals surface area contributed by atoms with Crippen molar-refractivity contribution in [2.45, 2.75) is 82.8 Å². The Morgan fingerprint density at radius 2 is 1.79 bits per heavy atom. The number of terminal acetylenes is 1. The molecule has 10 nitrogen and oxygen atoms in total. The lowest BCUT2D eigenvalue weighted by atomic mass is 9.95. The molecule has 6 heterocycles. The zero-order chi connectivity index (χ0) is 37.2. The summed E-state index contributed by atoms with van der Waals surface area (Å²) in [4.78, 5) is 27.4. The summed E-state index contributed by atoms with van der Waals surface area (Å²) in [7, 11) is 2.95. The third-order valence-corrected chi connectivity index (χ3v) is 9.88. The molecule has 276 valence electrons. The van der Waals surface area contributed by atoms with Crippen molar-refractivity contribution in [2.24, 2.45) is 0 Å². The van der Waals surface area contributed by atoms with Crippen LogP contribution in [0.15, 0.2) is 30.5 Å². The standard InChI is InChI=1S/C27H23F2N5O2.C7H12FN.C5H10O2/c1-4-18-21(28)8-5-14-9-17(35-2)10-19(22(14)18)24-23(29)25-20(11-30-24)26(33-27(32-25)36-3)34-12-15-6-7-16(13-34)31-15;8-6-4-7-2-1-3-9(7)5-6;1-5(2,3)7-4-6/h1,5,8-11,15-16,31H,6-7,12-13H2,2-3H3;6-7H,1-5H2;4H,1-3H3/t;6-,7?;/m.1./s1. The monoisotopic (exact) mass is 718 g/mol. The molecule has 13 heteroatoms. The summed E-state index contributed by atoms with van der Waals surface area (Å²) in [6.45, 7) is 9.28. The number of carbonyl (C=O) groups excluding carboxylic acids is 1. The van der Waals surface area contributed by atoms with Crippen LogP contribution in [0, 0.1) is 24.0 Å². The van der Waals surface area contributed by atoms with Gasteiger partial charge in [-0.3, -0.25) is 14.7 Å². The van der Waals surface area contributed by atoms with Gasteiger partial charge in [0.15, 0.2) is 5.82 Å². The molecule has 4 aromatic rings. The Morgan fingerprint density at radius 1 is 1.04 bits per heavy atom. The molecule has 2 bridgehead atoms. The Hall–Kier alpha value is -4.67. The van der Waals surface area contributed by atoms with Crippen LogP contribution in [-0.4, -0.2) is 96.6 Å². The van der Waals surface area contributed by atoms with Gasteiger partial charge < -0.3 is 24.4 Å². The van der Waals surface area contributed by atoms with Gasteiger partial charge in [-0.05, 0) is 83.0 Å². The SMILES string of the molecule is C#Cc1c(F)ccc2cc(OC)cc(-c3ncc4c(N5CC6CCC(C5)N6)nc(OC)nc4c3F)c12.CC(C)(C)OC=O.F[C@@H]1CC2CCCN2C1. The molecule has 3 unspecified atom stereocenters. The van der Waals surface area contributed by atoms with Gasteiger partial charge in [-0.25, -0.2) is 13.2 Å². The fourth-order valence-electron chi connectivity index (χ4n) is 7.54. The Labute approximate surface area is 302 Å². The molecule has 4 fully saturated rings. The highest BCUT2D eigenvalue weighted by atomic mass is 19.1. The second kappa shape index (κ2) is 15.5. The summed E-state index contributed by atoms with van der Waals surface area (Å²) in [6, 6.07) is 7.58.